The average molecular weight is 437 g/mol. The van der Waals surface area contributed by atoms with Crippen LogP contribution in [0.3, 0.4) is 0 Å². The summed E-state index contributed by atoms with van der Waals surface area (Å²) in [5, 5.41) is 9.90. The molecule has 3 N–H and O–H groups in total. The van der Waals surface area contributed by atoms with Gasteiger partial charge < -0.3 is 16.0 Å². The Balaban J connectivity index is 1.52. The van der Waals surface area contributed by atoms with E-state index in [0.717, 1.165) is 68.2 Å². The van der Waals surface area contributed by atoms with E-state index in [0.29, 0.717) is 19.1 Å². The molecule has 7 nitrogen and oxygen atoms in total. The highest BCUT2D eigenvalue weighted by atomic mass is 16.2. The number of carbonyl (C=O) groups excluding carboxylic acids is 1. The Kier molecular flexibility index (Phi) is 9.50. The van der Waals surface area contributed by atoms with Crippen molar-refractivity contribution < 1.29 is 4.79 Å². The van der Waals surface area contributed by atoms with E-state index in [9.17, 15) is 4.79 Å². The van der Waals surface area contributed by atoms with Crippen LogP contribution in [0.25, 0.3) is 11.3 Å². The summed E-state index contributed by atoms with van der Waals surface area (Å²) < 4.78 is 0. The number of carbonyl (C=O) groups is 1. The Labute approximate surface area is 191 Å². The van der Waals surface area contributed by atoms with Crippen LogP contribution in [0.4, 0.5) is 0 Å². The molecule has 1 amide bonds. The van der Waals surface area contributed by atoms with Gasteiger partial charge >= 0.3 is 0 Å². The molecule has 3 rings (SSSR count). The minimum Gasteiger partial charge on any atom is -0.357 e. The first-order valence-corrected chi connectivity index (χ1v) is 11.7. The van der Waals surface area contributed by atoms with Gasteiger partial charge in [0.15, 0.2) is 5.96 Å². The van der Waals surface area contributed by atoms with Crippen LogP contribution in [0.5, 0.6) is 0 Å². The molecule has 0 saturated carbocycles. The molecule has 1 aromatic carbocycles. The first-order chi connectivity index (χ1) is 15.7. The van der Waals surface area contributed by atoms with Crippen molar-refractivity contribution in [1.82, 2.24) is 25.8 Å². The topological polar surface area (TPSA) is 81.7 Å². The van der Waals surface area contributed by atoms with Crippen molar-refractivity contribution >= 4 is 11.9 Å². The summed E-state index contributed by atoms with van der Waals surface area (Å²) in [6, 6.07) is 14.7. The normalized spacial score (nSPS) is 15.4. The quantitative estimate of drug-likeness (QED) is 0.416. The van der Waals surface area contributed by atoms with E-state index in [1.165, 1.54) is 0 Å². The second kappa shape index (κ2) is 12.8. The van der Waals surface area contributed by atoms with E-state index in [1.807, 2.05) is 24.4 Å². The van der Waals surface area contributed by atoms with Crippen LogP contribution in [0.15, 0.2) is 53.7 Å². The van der Waals surface area contributed by atoms with Crippen LogP contribution in [-0.2, 0) is 11.3 Å². The molecule has 1 fully saturated rings. The summed E-state index contributed by atoms with van der Waals surface area (Å²) in [5.41, 5.74) is 3.23. The van der Waals surface area contributed by atoms with E-state index in [4.69, 9.17) is 4.99 Å². The van der Waals surface area contributed by atoms with Gasteiger partial charge in [-0.25, -0.2) is 4.99 Å². The molecule has 7 heteroatoms. The van der Waals surface area contributed by atoms with E-state index in [-0.39, 0.29) is 5.91 Å². The molecule has 0 spiro atoms. The second-order valence-corrected chi connectivity index (χ2v) is 8.16. The molecule has 0 radical (unpaired) electrons. The molecule has 0 bridgehead atoms. The number of aliphatic imine (C=N–C) groups is 1. The van der Waals surface area contributed by atoms with Crippen LogP contribution in [0.2, 0.25) is 0 Å². The van der Waals surface area contributed by atoms with Crippen molar-refractivity contribution in [3.05, 3.63) is 54.2 Å². The van der Waals surface area contributed by atoms with Gasteiger partial charge in [0.05, 0.1) is 18.8 Å². The number of nitrogens with one attached hydrogen (secondary N) is 3. The number of hydrogen-bond acceptors (Lipinski definition) is 4. The van der Waals surface area contributed by atoms with Gasteiger partial charge in [-0.2, -0.15) is 0 Å². The first-order valence-electron chi connectivity index (χ1n) is 11.7. The standard InChI is InChI=1S/C25H36N6O/c1-3-13-28-24(32)19-31-15-11-22(12-16-31)30-25(26-4-2)29-18-20-8-7-9-21(17-20)23-10-5-6-14-27-23/h5-10,14,17,22H,3-4,11-13,15-16,18-19H2,1-2H3,(H,28,32)(H2,26,29,30). The summed E-state index contributed by atoms with van der Waals surface area (Å²) >= 11 is 0. The Morgan fingerprint density at radius 3 is 2.69 bits per heavy atom. The smallest absolute Gasteiger partial charge is 0.234 e. The number of amides is 1. The number of rotatable bonds is 9. The Morgan fingerprint density at radius 2 is 1.97 bits per heavy atom. The van der Waals surface area contributed by atoms with E-state index in [2.05, 4.69) is 63.9 Å². The van der Waals surface area contributed by atoms with Gasteiger partial charge in [0.2, 0.25) is 5.91 Å². The number of likely N-dealkylation sites (tertiary alicyclic amines) is 1. The zero-order valence-electron chi connectivity index (χ0n) is 19.3. The third kappa shape index (κ3) is 7.64. The monoisotopic (exact) mass is 436 g/mol. The van der Waals surface area contributed by atoms with Crippen LogP contribution < -0.4 is 16.0 Å². The molecule has 32 heavy (non-hydrogen) atoms. The minimum absolute atomic E-state index is 0.126. The molecule has 1 saturated heterocycles. The van der Waals surface area contributed by atoms with Gasteiger partial charge in [-0.15, -0.1) is 0 Å². The fraction of sp³-hybridized carbons (Fsp3) is 0.480. The molecule has 1 aromatic heterocycles. The first kappa shape index (κ1) is 23.7. The maximum atomic E-state index is 11.9. The maximum Gasteiger partial charge on any atom is 0.234 e. The van der Waals surface area contributed by atoms with Gasteiger partial charge in [-0.1, -0.05) is 31.2 Å². The SMILES string of the molecule is CCCNC(=O)CN1CCC(NC(=NCc2cccc(-c3ccccn3)c2)NCC)CC1. The summed E-state index contributed by atoms with van der Waals surface area (Å²) in [6.45, 7) is 8.65. The van der Waals surface area contributed by atoms with Crippen molar-refractivity contribution in [3.8, 4) is 11.3 Å². The molecule has 1 aliphatic heterocycles. The van der Waals surface area contributed by atoms with E-state index < -0.39 is 0 Å². The Bertz CT molecular complexity index is 862. The van der Waals surface area contributed by atoms with Gasteiger partial charge in [0.1, 0.15) is 0 Å². The molecule has 2 aromatic rings. The summed E-state index contributed by atoms with van der Waals surface area (Å²) in [5.74, 6) is 0.968. The van der Waals surface area contributed by atoms with E-state index in [1.54, 1.807) is 0 Å². The molecule has 2 heterocycles. The molecular weight excluding hydrogens is 400 g/mol. The zero-order valence-corrected chi connectivity index (χ0v) is 19.3. The molecular formula is C25H36N6O. The number of pyridine rings is 1. The Hall–Kier alpha value is -2.93. The lowest BCUT2D eigenvalue weighted by molar-refractivity contribution is -0.122. The van der Waals surface area contributed by atoms with Crippen LogP contribution in [-0.4, -0.2) is 60.5 Å². The molecule has 0 atom stereocenters. The van der Waals surface area contributed by atoms with Gasteiger partial charge in [-0.3, -0.25) is 14.7 Å². The minimum atomic E-state index is 0.126. The van der Waals surface area contributed by atoms with Gasteiger partial charge in [0, 0.05) is 44.0 Å². The van der Waals surface area contributed by atoms with Crippen molar-refractivity contribution in [2.75, 3.05) is 32.7 Å². The number of hydrogen-bond donors (Lipinski definition) is 3. The molecule has 1 aliphatic rings. The third-order valence-corrected chi connectivity index (χ3v) is 5.52. The predicted octanol–water partition coefficient (Wildman–Crippen LogP) is 2.79. The summed E-state index contributed by atoms with van der Waals surface area (Å²) in [7, 11) is 0. The third-order valence-electron chi connectivity index (χ3n) is 5.52. The van der Waals surface area contributed by atoms with Gasteiger partial charge in [0.25, 0.3) is 0 Å². The Morgan fingerprint density at radius 1 is 1.12 bits per heavy atom. The fourth-order valence-corrected chi connectivity index (χ4v) is 3.81. The lowest BCUT2D eigenvalue weighted by atomic mass is 10.1. The number of benzene rings is 1. The van der Waals surface area contributed by atoms with Crippen LogP contribution >= 0.6 is 0 Å². The lowest BCUT2D eigenvalue weighted by Crippen LogP contribution is -2.50. The van der Waals surface area contributed by atoms with Crippen molar-refractivity contribution in [2.24, 2.45) is 4.99 Å². The number of guanidine groups is 1. The zero-order chi connectivity index (χ0) is 22.6. The highest BCUT2D eigenvalue weighted by Gasteiger charge is 2.21. The van der Waals surface area contributed by atoms with Gasteiger partial charge in [-0.05, 0) is 49.9 Å². The molecule has 172 valence electrons. The maximum absolute atomic E-state index is 11.9. The average Bonchev–Trinajstić information content (AvgIpc) is 2.83. The highest BCUT2D eigenvalue weighted by Crippen LogP contribution is 2.18. The second-order valence-electron chi connectivity index (χ2n) is 8.16. The number of nitrogens with zero attached hydrogens (tertiary/aromatic N) is 3. The molecule has 0 aliphatic carbocycles. The predicted molar refractivity (Wildman–Crippen MR) is 130 cm³/mol. The fourth-order valence-electron chi connectivity index (χ4n) is 3.81. The van der Waals surface area contributed by atoms with Crippen molar-refractivity contribution in [1.29, 1.82) is 0 Å². The summed E-state index contributed by atoms with van der Waals surface area (Å²) in [4.78, 5) is 23.4. The van der Waals surface area contributed by atoms with Crippen LogP contribution in [0, 0.1) is 0 Å². The van der Waals surface area contributed by atoms with Crippen molar-refractivity contribution in [3.63, 3.8) is 0 Å². The highest BCUT2D eigenvalue weighted by molar-refractivity contribution is 5.80. The number of aromatic nitrogens is 1. The largest absolute Gasteiger partial charge is 0.357 e. The van der Waals surface area contributed by atoms with E-state index >= 15 is 0 Å². The number of piperidine rings is 1. The lowest BCUT2D eigenvalue weighted by Gasteiger charge is -2.32. The van der Waals surface area contributed by atoms with Crippen molar-refractivity contribution in [2.45, 2.75) is 45.7 Å². The molecule has 0 unspecified atom stereocenters. The van der Waals surface area contributed by atoms with Crippen LogP contribution in [0.1, 0.15) is 38.7 Å². The summed E-state index contributed by atoms with van der Waals surface area (Å²) in [6.07, 6.45) is 4.79.